The number of rotatable bonds is 6. The summed E-state index contributed by atoms with van der Waals surface area (Å²) in [5, 5.41) is 6.42. The molecule has 2 heterocycles. The minimum absolute atomic E-state index is 1.13. The number of nitrogens with zero attached hydrogens (tertiary/aromatic N) is 2. The second kappa shape index (κ2) is 302. The van der Waals surface area contributed by atoms with Crippen molar-refractivity contribution in [2.45, 2.75) is 0 Å². The Kier molecular flexibility index (Phi) is 496. The fourth-order valence-electron chi connectivity index (χ4n) is 7.98. The summed E-state index contributed by atoms with van der Waals surface area (Å²) in [5.74, 6) is 0. The molecule has 2 aromatic heterocycles. The van der Waals surface area contributed by atoms with Crippen LogP contribution in [0.15, 0.2) is 206 Å². The molecule has 0 spiro atoms. The first-order chi connectivity index (χ1) is 66.8. The largest absolute Gasteiger partial charge is 0.315 e. The lowest BCUT2D eigenvalue weighted by Gasteiger charge is -2.25. The number of fused-ring (bicyclic) bond motifs is 8. The minimum atomic E-state index is 1.13. The second-order valence-corrected chi connectivity index (χ2v) is 13.4. The van der Waals surface area contributed by atoms with Gasteiger partial charge in [0.15, 0.2) is 0 Å². The Balaban J connectivity index is -0.0000000359. The van der Waals surface area contributed by atoms with Crippen LogP contribution in [0.1, 0.15) is 0 Å². The monoisotopic (exact) mass is 2220 g/mol. The average molecular weight is 2220 g/mol. The van der Waals surface area contributed by atoms with Gasteiger partial charge in [-0.2, -0.15) is 0 Å². The van der Waals surface area contributed by atoms with E-state index in [2.05, 4.69) is 216 Å². The third-order valence-corrected chi connectivity index (χ3v) is 10.4. The predicted octanol–water partition coefficient (Wildman–Crippen LogP) is 48.3. The minimum Gasteiger partial charge on any atom is -0.315 e. The highest BCUT2D eigenvalue weighted by molar-refractivity contribution is 6.30. The molecular weight excluding hydrogens is 2190 g/mol. The summed E-state index contributed by atoms with van der Waals surface area (Å²) in [6.45, 7) is 0. The van der Waals surface area contributed by atoms with Crippen LogP contribution in [0.4, 0.5) is 392 Å². The number of halogens is 82. The SMILES string of the molecule is FF.FF.FF.FF.FF.FF.FF.FF.FF.FF.FF.FF.FF.FF.FF.FF.FF.FF.FF.FF.FF.FF.FF.FF.FF.FF.FF.FF.FF.FF.FF.FF.FF.FF.FF.FF.FF.FF.FF.FF.FF.c1ccc(-c2c3c4ccccc4c4ccccc4c3n3ccc(-c4ccc(-c5ccc(N(c6ccccc6)c6ccccc6)cc5)cc4)cc23)cc1. The molecule has 0 radical (unpaired) electrons. The van der Waals surface area contributed by atoms with E-state index in [0.717, 1.165) is 17.1 Å². The van der Waals surface area contributed by atoms with Crippen molar-refractivity contribution in [3.8, 4) is 33.4 Å². The van der Waals surface area contributed by atoms with Gasteiger partial charge in [0.1, 0.15) is 0 Å². The van der Waals surface area contributed by atoms with Gasteiger partial charge in [-0.1, -0.05) is 152 Å². The van der Waals surface area contributed by atoms with Gasteiger partial charge in [0, 0.05) is 415 Å². The second-order valence-electron chi connectivity index (χ2n) is 13.4. The number of hydrogen-bond acceptors (Lipinski definition) is 1. The Morgan fingerprint density at radius 1 is 0.142 bits per heavy atom. The van der Waals surface area contributed by atoms with Crippen LogP contribution in [0.5, 0.6) is 0 Å². The van der Waals surface area contributed by atoms with Crippen LogP contribution < -0.4 is 4.90 Å². The van der Waals surface area contributed by atoms with Gasteiger partial charge in [0.25, 0.3) is 0 Å². The van der Waals surface area contributed by atoms with Crippen molar-refractivity contribution in [2.24, 2.45) is 0 Å². The highest BCUT2D eigenvalue weighted by Gasteiger charge is 2.20. The molecule has 0 amide bonds. The molecule has 0 atom stereocenters. The normalized spacial score (nSPS) is 6.28. The van der Waals surface area contributed by atoms with Gasteiger partial charge in [0.2, 0.25) is 0 Å². The quantitative estimate of drug-likeness (QED) is 0.119. The van der Waals surface area contributed by atoms with Crippen molar-refractivity contribution in [3.05, 3.63) is 206 Å². The van der Waals surface area contributed by atoms with Crippen LogP contribution in [0.2, 0.25) is 0 Å². The maximum Gasteiger partial charge on any atom is 0.0620 e. The molecule has 2 nitrogen and oxygen atoms in total. The molecule has 8 aromatic carbocycles. The van der Waals surface area contributed by atoms with E-state index in [0.29, 0.717) is 0 Å². The fraction of sp³-hybridized carbons (Fsp3) is 0. The standard InChI is InChI=1S/C50H34N2.41F2/c1-4-14-38(15-5-1)48-47-34-39(32-33-51(47)50-46-23-13-11-21-44(46)43-20-10-12-22-45(43)49(48)50)37-26-24-35(25-27-37)36-28-30-42(31-29-36)52(40-16-6-2-7-17-40)41-18-8-3-9-19-41;41*1-2/h1-34H;;;;;;;;;;;;;;;;;;;;;;;;;;;;;;;;;;;;;;;;;. The number of anilines is 3. The van der Waals surface area contributed by atoms with Crippen molar-refractivity contribution in [3.63, 3.8) is 0 Å². The molecule has 0 saturated carbocycles. The van der Waals surface area contributed by atoms with Crippen LogP contribution in [0, 0.1) is 0 Å². The van der Waals surface area contributed by atoms with E-state index >= 15 is 0 Å². The summed E-state index contributed by atoms with van der Waals surface area (Å²) < 4.78 is 658. The fourth-order valence-corrected chi connectivity index (χ4v) is 7.98. The van der Waals surface area contributed by atoms with E-state index in [1.807, 2.05) is 0 Å². The number of para-hydroxylation sites is 2. The highest BCUT2D eigenvalue weighted by Crippen LogP contribution is 2.45. The maximum absolute atomic E-state index is 8.00. The summed E-state index contributed by atoms with van der Waals surface area (Å²) in [6.07, 6.45) is 2.26. The Morgan fingerprint density at radius 2 is 0.313 bits per heavy atom. The molecule has 10 rings (SSSR count). The molecule has 0 aliphatic heterocycles. The molecule has 818 valence electrons. The van der Waals surface area contributed by atoms with Gasteiger partial charge < -0.3 is 9.30 Å². The molecule has 0 saturated heterocycles. The molecule has 0 aliphatic carbocycles. The molecule has 0 fully saturated rings. The third kappa shape index (κ3) is 119. The van der Waals surface area contributed by atoms with Crippen LogP contribution in [0.25, 0.3) is 71.3 Å². The van der Waals surface area contributed by atoms with E-state index in [4.69, 9.17) is 375 Å². The molecular formula is C50H34F82N2. The van der Waals surface area contributed by atoms with Gasteiger partial charge in [0.05, 0.1) is 11.0 Å². The Labute approximate surface area is 680 Å². The third-order valence-electron chi connectivity index (χ3n) is 10.4. The summed E-state index contributed by atoms with van der Waals surface area (Å²) in [5.41, 5.74) is 13.1. The van der Waals surface area contributed by atoms with Crippen LogP contribution in [-0.4, -0.2) is 4.40 Å². The van der Waals surface area contributed by atoms with Gasteiger partial charge in [-0.15, -0.1) is 0 Å². The van der Waals surface area contributed by atoms with E-state index in [9.17, 15) is 0 Å². The zero-order valence-corrected chi connectivity index (χ0v) is 59.5. The maximum atomic E-state index is 8.00. The van der Waals surface area contributed by atoms with Crippen LogP contribution in [-0.2, 0) is 0 Å². The Hall–Kier alpha value is -12.6. The van der Waals surface area contributed by atoms with Crippen molar-refractivity contribution < 1.29 is 375 Å². The zero-order valence-electron chi connectivity index (χ0n) is 59.5. The molecule has 134 heavy (non-hydrogen) atoms. The zero-order chi connectivity index (χ0) is 116. The Morgan fingerprint density at radius 3 is 0.545 bits per heavy atom. The average Bonchev–Trinajstić information content (AvgIpc) is 1.55. The molecule has 0 unspecified atom stereocenters. The van der Waals surface area contributed by atoms with E-state index < -0.39 is 0 Å². The smallest absolute Gasteiger partial charge is 0.0620 e. The highest BCUT2D eigenvalue weighted by atomic mass is 20.1. The van der Waals surface area contributed by atoms with Gasteiger partial charge in [-0.3, -0.25) is 0 Å². The number of aromatic nitrogens is 1. The molecule has 0 aliphatic rings. The van der Waals surface area contributed by atoms with E-state index in [1.165, 1.54) is 71.3 Å². The topological polar surface area (TPSA) is 7.65 Å². The first-order valence-corrected chi connectivity index (χ1v) is 23.7. The molecule has 10 aromatic rings. The van der Waals surface area contributed by atoms with E-state index in [1.54, 1.807) is 0 Å². The molecule has 84 heteroatoms. The van der Waals surface area contributed by atoms with Crippen molar-refractivity contribution in [1.82, 2.24) is 4.40 Å². The number of benzene rings is 8. The number of hydrogen-bond donors (Lipinski definition) is 0. The summed E-state index contributed by atoms with van der Waals surface area (Å²) in [6, 6.07) is 72.1. The first-order valence-electron chi connectivity index (χ1n) is 23.7. The predicted molar refractivity (Wildman–Crippen MR) is 312 cm³/mol. The van der Waals surface area contributed by atoms with Crippen LogP contribution >= 0.6 is 0 Å². The summed E-state index contributed by atoms with van der Waals surface area (Å²) in [7, 11) is 0. The Bertz CT molecular complexity index is 2940. The van der Waals surface area contributed by atoms with Crippen LogP contribution in [0.3, 0.4) is 0 Å². The summed E-state index contributed by atoms with van der Waals surface area (Å²) in [4.78, 5) is 2.29. The lowest BCUT2D eigenvalue weighted by Crippen LogP contribution is -2.09. The first kappa shape index (κ1) is 220. The summed E-state index contributed by atoms with van der Waals surface area (Å²) >= 11 is 0. The lowest BCUT2D eigenvalue weighted by atomic mass is 9.93. The van der Waals surface area contributed by atoms with Crippen molar-refractivity contribution in [2.75, 3.05) is 4.90 Å². The van der Waals surface area contributed by atoms with Gasteiger partial charge in [-0.25, -0.2) is 0 Å². The van der Waals surface area contributed by atoms with Crippen molar-refractivity contribution >= 4 is 55.0 Å². The van der Waals surface area contributed by atoms with E-state index in [-0.39, 0.29) is 0 Å². The number of pyridine rings is 1. The van der Waals surface area contributed by atoms with Gasteiger partial charge in [-0.05, 0) is 92.5 Å². The van der Waals surface area contributed by atoms with Crippen molar-refractivity contribution in [1.29, 1.82) is 0 Å². The molecule has 0 bridgehead atoms. The van der Waals surface area contributed by atoms with Gasteiger partial charge >= 0.3 is 0 Å². The molecule has 0 N–H and O–H groups in total. The lowest BCUT2D eigenvalue weighted by molar-refractivity contribution is 0.108.